The van der Waals surface area contributed by atoms with E-state index >= 15 is 0 Å². The molecule has 1 fully saturated rings. The van der Waals surface area contributed by atoms with Crippen molar-refractivity contribution in [1.29, 1.82) is 0 Å². The van der Waals surface area contributed by atoms with E-state index in [1.54, 1.807) is 31.7 Å². The van der Waals surface area contributed by atoms with E-state index in [1.165, 1.54) is 24.8 Å². The highest BCUT2D eigenvalue weighted by atomic mass is 16.5. The van der Waals surface area contributed by atoms with Crippen molar-refractivity contribution < 1.29 is 9.84 Å². The average molecular weight is 517 g/mol. The van der Waals surface area contributed by atoms with Crippen LogP contribution in [0.1, 0.15) is 58.1 Å². The van der Waals surface area contributed by atoms with Crippen LogP contribution in [0.2, 0.25) is 0 Å². The SMILES string of the molecule is CC.Cn1cc(-c2cc(C(C)(C)O)ccc2Oc2ccc(CCC3CCNCC3)cn2)c2cc[nH]c2c1=O. The fourth-order valence-electron chi connectivity index (χ4n) is 4.97. The Morgan fingerprint density at radius 2 is 1.87 bits per heavy atom. The smallest absolute Gasteiger partial charge is 0.274 e. The summed E-state index contributed by atoms with van der Waals surface area (Å²) in [5, 5.41) is 14.9. The third-order valence-corrected chi connectivity index (χ3v) is 7.18. The molecule has 0 unspecified atom stereocenters. The maximum atomic E-state index is 12.6. The highest BCUT2D eigenvalue weighted by molar-refractivity contribution is 5.96. The molecule has 3 aromatic heterocycles. The molecular formula is C31H40N4O3. The van der Waals surface area contributed by atoms with E-state index in [-0.39, 0.29) is 5.56 Å². The fraction of sp³-hybridized carbons (Fsp3) is 0.419. The lowest BCUT2D eigenvalue weighted by atomic mass is 9.92. The van der Waals surface area contributed by atoms with E-state index in [4.69, 9.17) is 4.74 Å². The van der Waals surface area contributed by atoms with Crippen molar-refractivity contribution >= 4 is 10.9 Å². The summed E-state index contributed by atoms with van der Waals surface area (Å²) >= 11 is 0. The van der Waals surface area contributed by atoms with Crippen LogP contribution < -0.4 is 15.6 Å². The second-order valence-electron chi connectivity index (χ2n) is 10.3. The highest BCUT2D eigenvalue weighted by Crippen LogP contribution is 2.38. The van der Waals surface area contributed by atoms with Crippen LogP contribution in [0.5, 0.6) is 11.6 Å². The molecule has 3 N–H and O–H groups in total. The van der Waals surface area contributed by atoms with Gasteiger partial charge in [-0.2, -0.15) is 0 Å². The van der Waals surface area contributed by atoms with Crippen molar-refractivity contribution in [3.05, 3.63) is 76.5 Å². The molecule has 38 heavy (non-hydrogen) atoms. The minimum atomic E-state index is -1.03. The zero-order chi connectivity index (χ0) is 27.3. The minimum Gasteiger partial charge on any atom is -0.438 e. The number of nitrogens with one attached hydrogen (secondary N) is 2. The summed E-state index contributed by atoms with van der Waals surface area (Å²) in [5.74, 6) is 1.90. The maximum Gasteiger partial charge on any atom is 0.274 e. The molecule has 0 aliphatic carbocycles. The quantitative estimate of drug-likeness (QED) is 0.284. The van der Waals surface area contributed by atoms with Gasteiger partial charge in [0.1, 0.15) is 11.3 Å². The van der Waals surface area contributed by atoms with Gasteiger partial charge in [0.05, 0.1) is 5.60 Å². The standard InChI is InChI=1S/C29H34N4O3.C2H6/c1-29(2,35)21-7-8-25(23(16-21)24-18-33(3)28(34)27-22(24)12-15-31-27)36-26-9-6-20(17-32-26)5-4-19-10-13-30-14-11-19;1-2/h6-9,12,15-19,30-31,35H,4-5,10-11,13-14H2,1-3H3;1-2H3. The van der Waals surface area contributed by atoms with Crippen molar-refractivity contribution in [3.63, 3.8) is 0 Å². The number of hydrogen-bond acceptors (Lipinski definition) is 5. The van der Waals surface area contributed by atoms with Gasteiger partial charge in [-0.05, 0) is 87.9 Å². The molecule has 4 heterocycles. The Labute approximate surface area is 224 Å². The zero-order valence-corrected chi connectivity index (χ0v) is 23.2. The van der Waals surface area contributed by atoms with Crippen molar-refractivity contribution in [2.24, 2.45) is 13.0 Å². The molecule has 5 rings (SSSR count). The largest absolute Gasteiger partial charge is 0.438 e. The number of benzene rings is 1. The molecule has 1 aromatic carbocycles. The van der Waals surface area contributed by atoms with Gasteiger partial charge in [0.15, 0.2) is 0 Å². The van der Waals surface area contributed by atoms with Crippen LogP contribution in [-0.4, -0.2) is 32.7 Å². The van der Waals surface area contributed by atoms with Gasteiger partial charge in [-0.3, -0.25) is 4.79 Å². The van der Waals surface area contributed by atoms with Crippen LogP contribution in [-0.2, 0) is 19.1 Å². The number of rotatable bonds is 7. The molecule has 0 spiro atoms. The van der Waals surface area contributed by atoms with Crippen LogP contribution in [0.4, 0.5) is 0 Å². The monoisotopic (exact) mass is 516 g/mol. The van der Waals surface area contributed by atoms with Gasteiger partial charge in [0, 0.05) is 48.2 Å². The summed E-state index contributed by atoms with van der Waals surface area (Å²) in [5.41, 5.74) is 3.00. The maximum absolute atomic E-state index is 12.6. The molecule has 4 aromatic rings. The minimum absolute atomic E-state index is 0.0957. The number of hydrogen-bond donors (Lipinski definition) is 3. The molecule has 7 heteroatoms. The first-order valence-electron chi connectivity index (χ1n) is 13.7. The Kier molecular flexibility index (Phi) is 8.69. The lowest BCUT2D eigenvalue weighted by Crippen LogP contribution is -2.27. The number of nitrogens with zero attached hydrogens (tertiary/aromatic N) is 2. The molecule has 7 nitrogen and oxygen atoms in total. The number of aromatic amines is 1. The normalized spacial score (nSPS) is 14.3. The van der Waals surface area contributed by atoms with Crippen molar-refractivity contribution in [2.75, 3.05) is 13.1 Å². The summed E-state index contributed by atoms with van der Waals surface area (Å²) < 4.78 is 7.84. The van der Waals surface area contributed by atoms with E-state index in [0.29, 0.717) is 17.1 Å². The Morgan fingerprint density at radius 3 is 2.55 bits per heavy atom. The molecule has 0 radical (unpaired) electrons. The number of ether oxygens (including phenoxy) is 1. The first kappa shape index (κ1) is 27.6. The molecule has 1 saturated heterocycles. The summed E-state index contributed by atoms with van der Waals surface area (Å²) in [6.07, 6.45) is 10.2. The predicted octanol–water partition coefficient (Wildman–Crippen LogP) is 5.91. The Bertz CT molecular complexity index is 1410. The molecule has 1 aliphatic rings. The average Bonchev–Trinajstić information content (AvgIpc) is 3.42. The van der Waals surface area contributed by atoms with Gasteiger partial charge in [-0.15, -0.1) is 0 Å². The molecule has 202 valence electrons. The molecular weight excluding hydrogens is 476 g/mol. The molecule has 0 saturated carbocycles. The van der Waals surface area contributed by atoms with E-state index in [9.17, 15) is 9.90 Å². The van der Waals surface area contributed by atoms with Gasteiger partial charge < -0.3 is 24.7 Å². The Hall–Kier alpha value is -3.42. The van der Waals surface area contributed by atoms with Gasteiger partial charge in [0.25, 0.3) is 5.56 Å². The van der Waals surface area contributed by atoms with Crippen LogP contribution in [0.25, 0.3) is 22.0 Å². The Balaban J connectivity index is 0.00000164. The highest BCUT2D eigenvalue weighted by Gasteiger charge is 2.21. The number of fused-ring (bicyclic) bond motifs is 1. The number of H-pyrrole nitrogens is 1. The summed E-state index contributed by atoms with van der Waals surface area (Å²) in [7, 11) is 1.73. The molecule has 0 atom stereocenters. The second kappa shape index (κ2) is 12.0. The van der Waals surface area contributed by atoms with Crippen molar-refractivity contribution in [1.82, 2.24) is 19.9 Å². The third kappa shape index (κ3) is 6.17. The van der Waals surface area contributed by atoms with Gasteiger partial charge in [0.2, 0.25) is 5.88 Å². The number of aromatic nitrogens is 3. The molecule has 0 bridgehead atoms. The van der Waals surface area contributed by atoms with Gasteiger partial charge in [-0.1, -0.05) is 26.0 Å². The number of pyridine rings is 2. The van der Waals surface area contributed by atoms with Crippen LogP contribution in [0.3, 0.4) is 0 Å². The number of piperidine rings is 1. The summed E-state index contributed by atoms with van der Waals surface area (Å²) in [4.78, 5) is 20.2. The lowest BCUT2D eigenvalue weighted by Gasteiger charge is -2.22. The lowest BCUT2D eigenvalue weighted by molar-refractivity contribution is 0.0786. The van der Waals surface area contributed by atoms with E-state index in [1.807, 2.05) is 56.6 Å². The second-order valence-corrected chi connectivity index (χ2v) is 10.3. The third-order valence-electron chi connectivity index (χ3n) is 7.18. The van der Waals surface area contributed by atoms with Crippen LogP contribution in [0, 0.1) is 5.92 Å². The van der Waals surface area contributed by atoms with Crippen LogP contribution in [0.15, 0.2) is 59.8 Å². The van der Waals surface area contributed by atoms with Gasteiger partial charge >= 0.3 is 0 Å². The van der Waals surface area contributed by atoms with Crippen molar-refractivity contribution in [2.45, 2.75) is 59.0 Å². The fourth-order valence-corrected chi connectivity index (χ4v) is 4.97. The summed E-state index contributed by atoms with van der Waals surface area (Å²) in [6, 6.07) is 11.5. The molecule has 1 aliphatic heterocycles. The number of aryl methyl sites for hydroxylation is 2. The zero-order valence-electron chi connectivity index (χ0n) is 23.2. The first-order chi connectivity index (χ1) is 18.3. The Morgan fingerprint density at radius 1 is 1.11 bits per heavy atom. The molecule has 0 amide bonds. The number of aliphatic hydroxyl groups is 1. The summed E-state index contributed by atoms with van der Waals surface area (Å²) in [6.45, 7) is 9.75. The topological polar surface area (TPSA) is 92.2 Å². The van der Waals surface area contributed by atoms with Crippen LogP contribution >= 0.6 is 0 Å². The van der Waals surface area contributed by atoms with E-state index in [0.717, 1.165) is 47.5 Å². The van der Waals surface area contributed by atoms with E-state index < -0.39 is 5.60 Å². The van der Waals surface area contributed by atoms with E-state index in [2.05, 4.69) is 21.4 Å². The van der Waals surface area contributed by atoms with Crippen molar-refractivity contribution in [3.8, 4) is 22.8 Å². The first-order valence-corrected chi connectivity index (χ1v) is 13.7. The predicted molar refractivity (Wildman–Crippen MR) is 154 cm³/mol. The van der Waals surface area contributed by atoms with Gasteiger partial charge in [-0.25, -0.2) is 4.98 Å².